The highest BCUT2D eigenvalue weighted by molar-refractivity contribution is 5.35. The zero-order valence-corrected chi connectivity index (χ0v) is 13.3. The van der Waals surface area contributed by atoms with Gasteiger partial charge in [-0.1, -0.05) is 12.1 Å². The van der Waals surface area contributed by atoms with Crippen LogP contribution in [0.1, 0.15) is 31.4 Å². The van der Waals surface area contributed by atoms with Crippen molar-refractivity contribution in [2.75, 3.05) is 26.2 Å². The summed E-state index contributed by atoms with van der Waals surface area (Å²) in [5.41, 5.74) is 2.48. The summed E-state index contributed by atoms with van der Waals surface area (Å²) in [5, 5.41) is 3.57. The molecule has 2 rings (SSSR count). The molecule has 1 aromatic rings. The number of hydrogen-bond donors (Lipinski definition) is 1. The molecule has 0 radical (unpaired) electrons. The minimum atomic E-state index is 0.596. The summed E-state index contributed by atoms with van der Waals surface area (Å²) in [6.45, 7) is 13.0. The van der Waals surface area contributed by atoms with Gasteiger partial charge in [-0.05, 0) is 51.3 Å². The van der Waals surface area contributed by atoms with Crippen LogP contribution in [-0.4, -0.2) is 43.2 Å². The highest BCUT2D eigenvalue weighted by atomic mass is 16.5. The van der Waals surface area contributed by atoms with E-state index in [0.717, 1.165) is 38.4 Å². The van der Waals surface area contributed by atoms with E-state index in [2.05, 4.69) is 56.1 Å². The molecule has 0 amide bonds. The van der Waals surface area contributed by atoms with Crippen LogP contribution in [0.4, 0.5) is 0 Å². The predicted molar refractivity (Wildman–Crippen MR) is 84.5 cm³/mol. The summed E-state index contributed by atoms with van der Waals surface area (Å²) in [7, 11) is 0. The van der Waals surface area contributed by atoms with Gasteiger partial charge in [0.2, 0.25) is 0 Å². The molecule has 0 bridgehead atoms. The molecule has 2 unspecified atom stereocenters. The van der Waals surface area contributed by atoms with E-state index in [1.54, 1.807) is 0 Å². The fourth-order valence-electron chi connectivity index (χ4n) is 2.96. The first-order chi connectivity index (χ1) is 9.54. The van der Waals surface area contributed by atoms with Gasteiger partial charge >= 0.3 is 0 Å². The minimum absolute atomic E-state index is 0.596. The Hall–Kier alpha value is -1.06. The number of ether oxygens (including phenoxy) is 1. The van der Waals surface area contributed by atoms with Crippen LogP contribution in [0.3, 0.4) is 0 Å². The second-order valence-electron chi connectivity index (χ2n) is 6.20. The molecule has 1 heterocycles. The smallest absolute Gasteiger partial charge is 0.122 e. The maximum absolute atomic E-state index is 5.92. The van der Waals surface area contributed by atoms with Crippen molar-refractivity contribution in [1.29, 1.82) is 0 Å². The topological polar surface area (TPSA) is 24.5 Å². The third-order valence-electron chi connectivity index (χ3n) is 3.85. The predicted octanol–water partition coefficient (Wildman–Crippen LogP) is 2.75. The molecule has 3 nitrogen and oxygen atoms in total. The van der Waals surface area contributed by atoms with Gasteiger partial charge in [0, 0.05) is 31.7 Å². The number of piperazine rings is 1. The normalized spacial score (nSPS) is 23.8. The highest BCUT2D eigenvalue weighted by Crippen LogP contribution is 2.19. The Balaban J connectivity index is 1.72. The Morgan fingerprint density at radius 2 is 1.90 bits per heavy atom. The van der Waals surface area contributed by atoms with E-state index in [4.69, 9.17) is 4.74 Å². The molecule has 1 N–H and O–H groups in total. The third kappa shape index (κ3) is 4.50. The van der Waals surface area contributed by atoms with Crippen LogP contribution in [0.15, 0.2) is 18.2 Å². The first-order valence-corrected chi connectivity index (χ1v) is 7.73. The maximum atomic E-state index is 5.92. The lowest BCUT2D eigenvalue weighted by Crippen LogP contribution is -2.54. The van der Waals surface area contributed by atoms with Crippen molar-refractivity contribution in [3.8, 4) is 5.75 Å². The number of nitrogens with zero attached hydrogens (tertiary/aromatic N) is 1. The van der Waals surface area contributed by atoms with E-state index in [1.165, 1.54) is 11.1 Å². The van der Waals surface area contributed by atoms with Crippen LogP contribution in [0.25, 0.3) is 0 Å². The lowest BCUT2D eigenvalue weighted by Gasteiger charge is -2.36. The van der Waals surface area contributed by atoms with Crippen molar-refractivity contribution in [3.05, 3.63) is 29.3 Å². The Morgan fingerprint density at radius 3 is 2.60 bits per heavy atom. The summed E-state index contributed by atoms with van der Waals surface area (Å²) < 4.78 is 5.92. The average molecular weight is 276 g/mol. The summed E-state index contributed by atoms with van der Waals surface area (Å²) in [6, 6.07) is 7.58. The summed E-state index contributed by atoms with van der Waals surface area (Å²) in [4.78, 5) is 2.54. The molecule has 20 heavy (non-hydrogen) atoms. The lowest BCUT2D eigenvalue weighted by molar-refractivity contribution is 0.161. The Kier molecular flexibility index (Phi) is 5.44. The minimum Gasteiger partial charge on any atom is -0.493 e. The van der Waals surface area contributed by atoms with Crippen molar-refractivity contribution in [2.24, 2.45) is 0 Å². The maximum Gasteiger partial charge on any atom is 0.122 e. The molecule has 0 spiro atoms. The number of aryl methyl sites for hydroxylation is 2. The first kappa shape index (κ1) is 15.3. The largest absolute Gasteiger partial charge is 0.493 e. The van der Waals surface area contributed by atoms with Gasteiger partial charge in [0.05, 0.1) is 6.61 Å². The van der Waals surface area contributed by atoms with Gasteiger partial charge < -0.3 is 15.0 Å². The Labute approximate surface area is 123 Å². The monoisotopic (exact) mass is 276 g/mol. The van der Waals surface area contributed by atoms with Gasteiger partial charge in [0.25, 0.3) is 0 Å². The van der Waals surface area contributed by atoms with Crippen molar-refractivity contribution in [1.82, 2.24) is 10.2 Å². The Bertz CT molecular complexity index is 423. The van der Waals surface area contributed by atoms with E-state index in [0.29, 0.717) is 12.1 Å². The van der Waals surface area contributed by atoms with Crippen LogP contribution in [0.2, 0.25) is 0 Å². The SMILES string of the molecule is Cc1ccc(C)c(OCCCN2CC(C)NC(C)C2)c1. The molecule has 1 fully saturated rings. The molecule has 1 aromatic carbocycles. The van der Waals surface area contributed by atoms with Crippen molar-refractivity contribution in [2.45, 2.75) is 46.2 Å². The molecule has 3 heteroatoms. The van der Waals surface area contributed by atoms with Crippen molar-refractivity contribution in [3.63, 3.8) is 0 Å². The zero-order chi connectivity index (χ0) is 14.5. The van der Waals surface area contributed by atoms with Gasteiger partial charge in [-0.15, -0.1) is 0 Å². The van der Waals surface area contributed by atoms with Gasteiger partial charge in [0.1, 0.15) is 5.75 Å². The Morgan fingerprint density at radius 1 is 1.20 bits per heavy atom. The number of rotatable bonds is 5. The molecule has 0 aliphatic carbocycles. The van der Waals surface area contributed by atoms with Crippen molar-refractivity contribution >= 4 is 0 Å². The quantitative estimate of drug-likeness (QED) is 0.837. The average Bonchev–Trinajstić information content (AvgIpc) is 2.37. The molecule has 1 saturated heterocycles. The molecule has 1 aliphatic rings. The number of hydrogen-bond acceptors (Lipinski definition) is 3. The van der Waals surface area contributed by atoms with Gasteiger partial charge in [-0.25, -0.2) is 0 Å². The number of nitrogens with one attached hydrogen (secondary N) is 1. The van der Waals surface area contributed by atoms with Crippen LogP contribution in [0, 0.1) is 13.8 Å². The summed E-state index contributed by atoms with van der Waals surface area (Å²) in [5.74, 6) is 1.03. The van der Waals surface area contributed by atoms with Crippen LogP contribution in [-0.2, 0) is 0 Å². The van der Waals surface area contributed by atoms with E-state index < -0.39 is 0 Å². The highest BCUT2D eigenvalue weighted by Gasteiger charge is 2.20. The molecule has 2 atom stereocenters. The van der Waals surface area contributed by atoms with E-state index in [1.807, 2.05) is 0 Å². The van der Waals surface area contributed by atoms with Gasteiger partial charge in [0.15, 0.2) is 0 Å². The van der Waals surface area contributed by atoms with E-state index >= 15 is 0 Å². The fourth-order valence-corrected chi connectivity index (χ4v) is 2.96. The fraction of sp³-hybridized carbons (Fsp3) is 0.647. The summed E-state index contributed by atoms with van der Waals surface area (Å²) in [6.07, 6.45) is 1.09. The lowest BCUT2D eigenvalue weighted by atomic mass is 10.1. The molecular weight excluding hydrogens is 248 g/mol. The second kappa shape index (κ2) is 7.09. The van der Waals surface area contributed by atoms with Gasteiger partial charge in [-0.3, -0.25) is 0 Å². The van der Waals surface area contributed by atoms with Crippen LogP contribution in [0.5, 0.6) is 5.75 Å². The van der Waals surface area contributed by atoms with Crippen LogP contribution < -0.4 is 10.1 Å². The standard InChI is InChI=1S/C17H28N2O/c1-13-6-7-14(2)17(10-13)20-9-5-8-19-11-15(3)18-16(4)12-19/h6-7,10,15-16,18H,5,8-9,11-12H2,1-4H3. The molecule has 0 aromatic heterocycles. The van der Waals surface area contributed by atoms with E-state index in [9.17, 15) is 0 Å². The van der Waals surface area contributed by atoms with Gasteiger partial charge in [-0.2, -0.15) is 0 Å². The molecular formula is C17H28N2O. The number of benzene rings is 1. The third-order valence-corrected chi connectivity index (χ3v) is 3.85. The first-order valence-electron chi connectivity index (χ1n) is 7.73. The second-order valence-corrected chi connectivity index (χ2v) is 6.20. The molecule has 112 valence electrons. The van der Waals surface area contributed by atoms with Crippen molar-refractivity contribution < 1.29 is 4.74 Å². The molecule has 1 aliphatic heterocycles. The van der Waals surface area contributed by atoms with Crippen LogP contribution >= 0.6 is 0 Å². The summed E-state index contributed by atoms with van der Waals surface area (Å²) >= 11 is 0. The molecule has 0 saturated carbocycles. The zero-order valence-electron chi connectivity index (χ0n) is 13.3. The van der Waals surface area contributed by atoms with E-state index in [-0.39, 0.29) is 0 Å².